The van der Waals surface area contributed by atoms with E-state index in [-0.39, 0.29) is 11.8 Å². The first kappa shape index (κ1) is 19.3. The van der Waals surface area contributed by atoms with Crippen molar-refractivity contribution in [3.8, 4) is 11.5 Å². The minimum atomic E-state index is -0.930. The summed E-state index contributed by atoms with van der Waals surface area (Å²) in [4.78, 5) is 28.1. The van der Waals surface area contributed by atoms with Crippen molar-refractivity contribution in [1.82, 2.24) is 5.32 Å². The van der Waals surface area contributed by atoms with E-state index >= 15 is 0 Å². The van der Waals surface area contributed by atoms with Gasteiger partial charge in [-0.3, -0.25) is 9.59 Å². The van der Waals surface area contributed by atoms with Crippen LogP contribution < -0.4 is 19.7 Å². The van der Waals surface area contributed by atoms with E-state index in [2.05, 4.69) is 11.4 Å². The minimum Gasteiger partial charge on any atom is -0.493 e. The minimum absolute atomic E-state index is 0.0746. The predicted molar refractivity (Wildman–Crippen MR) is 110 cm³/mol. The molecule has 1 aliphatic carbocycles. The van der Waals surface area contributed by atoms with Gasteiger partial charge in [0.2, 0.25) is 11.8 Å². The molecule has 29 heavy (non-hydrogen) atoms. The largest absolute Gasteiger partial charge is 0.493 e. The van der Waals surface area contributed by atoms with Crippen molar-refractivity contribution in [1.29, 1.82) is 0 Å². The number of methoxy groups -OCH3 is 2. The van der Waals surface area contributed by atoms with E-state index in [0.717, 1.165) is 24.1 Å². The molecule has 4 rings (SSSR count). The molecule has 2 aromatic carbocycles. The summed E-state index contributed by atoms with van der Waals surface area (Å²) in [5, 5.41) is 2.95. The summed E-state index contributed by atoms with van der Waals surface area (Å²) < 4.78 is 10.6. The van der Waals surface area contributed by atoms with Gasteiger partial charge in [-0.05, 0) is 55.0 Å². The van der Waals surface area contributed by atoms with Crippen LogP contribution in [0.4, 0.5) is 5.69 Å². The van der Waals surface area contributed by atoms with Crippen LogP contribution in [0.2, 0.25) is 0 Å². The monoisotopic (exact) mass is 394 g/mol. The SMILES string of the molecule is COc1ccc(CNC(=O)C2(C(=O)N3CCCc4ccccc43)CC2)cc1OC. The number of hydrogen-bond donors (Lipinski definition) is 1. The molecule has 0 saturated heterocycles. The highest BCUT2D eigenvalue weighted by atomic mass is 16.5. The fourth-order valence-electron chi connectivity index (χ4n) is 4.01. The number of para-hydroxylation sites is 1. The zero-order chi connectivity index (χ0) is 20.4. The Morgan fingerprint density at radius 1 is 1.07 bits per heavy atom. The number of nitrogens with zero attached hydrogens (tertiary/aromatic N) is 1. The van der Waals surface area contributed by atoms with Gasteiger partial charge < -0.3 is 19.7 Å². The molecule has 1 aliphatic heterocycles. The van der Waals surface area contributed by atoms with Crippen LogP contribution in [0.3, 0.4) is 0 Å². The molecule has 1 fully saturated rings. The highest BCUT2D eigenvalue weighted by molar-refractivity contribution is 6.14. The van der Waals surface area contributed by atoms with Crippen LogP contribution >= 0.6 is 0 Å². The topological polar surface area (TPSA) is 67.9 Å². The molecule has 0 atom stereocenters. The van der Waals surface area contributed by atoms with Crippen LogP contribution in [0.5, 0.6) is 11.5 Å². The Morgan fingerprint density at radius 3 is 2.55 bits per heavy atom. The summed E-state index contributed by atoms with van der Waals surface area (Å²) in [7, 11) is 3.16. The van der Waals surface area contributed by atoms with Gasteiger partial charge in [0.1, 0.15) is 5.41 Å². The zero-order valence-corrected chi connectivity index (χ0v) is 16.9. The van der Waals surface area contributed by atoms with Crippen molar-refractivity contribution in [3.63, 3.8) is 0 Å². The zero-order valence-electron chi connectivity index (χ0n) is 16.9. The first-order chi connectivity index (χ1) is 14.1. The molecule has 2 amide bonds. The molecule has 1 N–H and O–H groups in total. The van der Waals surface area contributed by atoms with E-state index in [0.29, 0.717) is 37.4 Å². The number of carbonyl (C=O) groups excluding carboxylic acids is 2. The van der Waals surface area contributed by atoms with Gasteiger partial charge in [-0.25, -0.2) is 0 Å². The van der Waals surface area contributed by atoms with Crippen LogP contribution in [0.25, 0.3) is 0 Å². The maximum atomic E-state index is 13.3. The predicted octanol–water partition coefficient (Wildman–Crippen LogP) is 3.08. The number of fused-ring (bicyclic) bond motifs is 1. The molecule has 2 aliphatic rings. The Bertz CT molecular complexity index is 936. The molecular formula is C23H26N2O4. The molecule has 6 nitrogen and oxygen atoms in total. The molecule has 1 heterocycles. The number of amides is 2. The van der Waals surface area contributed by atoms with Gasteiger partial charge in [-0.2, -0.15) is 0 Å². The van der Waals surface area contributed by atoms with Crippen molar-refractivity contribution >= 4 is 17.5 Å². The third kappa shape index (κ3) is 3.55. The van der Waals surface area contributed by atoms with Gasteiger partial charge in [0.25, 0.3) is 0 Å². The van der Waals surface area contributed by atoms with Crippen molar-refractivity contribution in [2.24, 2.45) is 5.41 Å². The van der Waals surface area contributed by atoms with Crippen LogP contribution in [-0.2, 0) is 22.6 Å². The van der Waals surface area contributed by atoms with Crippen LogP contribution in [0.1, 0.15) is 30.4 Å². The average molecular weight is 394 g/mol. The van der Waals surface area contributed by atoms with Crippen molar-refractivity contribution in [2.75, 3.05) is 25.7 Å². The Hall–Kier alpha value is -3.02. The first-order valence-corrected chi connectivity index (χ1v) is 9.98. The summed E-state index contributed by atoms with van der Waals surface area (Å²) in [5.41, 5.74) is 2.08. The summed E-state index contributed by atoms with van der Waals surface area (Å²) in [6.45, 7) is 1.01. The molecule has 6 heteroatoms. The summed E-state index contributed by atoms with van der Waals surface area (Å²) in [6, 6.07) is 13.5. The van der Waals surface area contributed by atoms with E-state index in [9.17, 15) is 9.59 Å². The Kier molecular flexibility index (Phi) is 5.18. The van der Waals surface area contributed by atoms with Gasteiger partial charge in [0, 0.05) is 18.8 Å². The Labute approximate surface area is 170 Å². The average Bonchev–Trinajstić information content (AvgIpc) is 3.58. The molecular weight excluding hydrogens is 368 g/mol. The van der Waals surface area contributed by atoms with Gasteiger partial charge >= 0.3 is 0 Å². The summed E-state index contributed by atoms with van der Waals surface area (Å²) >= 11 is 0. The van der Waals surface area contributed by atoms with Gasteiger partial charge in [0.15, 0.2) is 11.5 Å². The van der Waals surface area contributed by atoms with E-state index in [1.165, 1.54) is 5.56 Å². The third-order valence-electron chi connectivity index (χ3n) is 5.85. The lowest BCUT2D eigenvalue weighted by Gasteiger charge is -2.32. The molecule has 0 unspecified atom stereocenters. The fraction of sp³-hybridized carbons (Fsp3) is 0.391. The number of carbonyl (C=O) groups is 2. The number of aryl methyl sites for hydroxylation is 1. The number of nitrogens with one attached hydrogen (secondary N) is 1. The number of anilines is 1. The second-order valence-corrected chi connectivity index (χ2v) is 7.64. The normalized spacial score (nSPS) is 16.6. The molecule has 152 valence electrons. The summed E-state index contributed by atoms with van der Waals surface area (Å²) in [6.07, 6.45) is 3.09. The van der Waals surface area contributed by atoms with Crippen LogP contribution in [0.15, 0.2) is 42.5 Å². The van der Waals surface area contributed by atoms with Gasteiger partial charge in [0.05, 0.1) is 14.2 Å². The number of benzene rings is 2. The summed E-state index contributed by atoms with van der Waals surface area (Å²) in [5.74, 6) is 0.983. The quantitative estimate of drug-likeness (QED) is 0.765. The lowest BCUT2D eigenvalue weighted by atomic mass is 9.97. The molecule has 1 saturated carbocycles. The first-order valence-electron chi connectivity index (χ1n) is 9.98. The fourth-order valence-corrected chi connectivity index (χ4v) is 4.01. The van der Waals surface area contributed by atoms with E-state index < -0.39 is 5.41 Å². The Morgan fingerprint density at radius 2 is 1.83 bits per heavy atom. The lowest BCUT2D eigenvalue weighted by molar-refractivity contribution is -0.135. The molecule has 0 spiro atoms. The molecule has 0 bridgehead atoms. The van der Waals surface area contributed by atoms with E-state index in [1.54, 1.807) is 14.2 Å². The number of ether oxygens (including phenoxy) is 2. The highest BCUT2D eigenvalue weighted by Crippen LogP contribution is 2.49. The highest BCUT2D eigenvalue weighted by Gasteiger charge is 2.58. The lowest BCUT2D eigenvalue weighted by Crippen LogP contribution is -2.47. The van der Waals surface area contributed by atoms with E-state index in [1.807, 2.05) is 41.3 Å². The van der Waals surface area contributed by atoms with Crippen molar-refractivity contribution in [3.05, 3.63) is 53.6 Å². The van der Waals surface area contributed by atoms with E-state index in [4.69, 9.17) is 9.47 Å². The number of rotatable bonds is 6. The van der Waals surface area contributed by atoms with Crippen LogP contribution in [-0.4, -0.2) is 32.6 Å². The maximum absolute atomic E-state index is 13.3. The maximum Gasteiger partial charge on any atom is 0.242 e. The second-order valence-electron chi connectivity index (χ2n) is 7.64. The number of hydrogen-bond acceptors (Lipinski definition) is 4. The smallest absolute Gasteiger partial charge is 0.242 e. The standard InChI is InChI=1S/C23H26N2O4/c1-28-19-10-9-16(14-20(19)29-2)15-24-21(26)23(11-12-23)22(27)25-13-5-7-17-6-3-4-8-18(17)25/h3-4,6,8-10,14H,5,7,11-13,15H2,1-2H3,(H,24,26). The van der Waals surface area contributed by atoms with Gasteiger partial charge in [-0.15, -0.1) is 0 Å². The Balaban J connectivity index is 1.46. The van der Waals surface area contributed by atoms with Crippen molar-refractivity contribution in [2.45, 2.75) is 32.2 Å². The van der Waals surface area contributed by atoms with Gasteiger partial charge in [-0.1, -0.05) is 24.3 Å². The van der Waals surface area contributed by atoms with Crippen molar-refractivity contribution < 1.29 is 19.1 Å². The molecule has 0 radical (unpaired) electrons. The molecule has 0 aromatic heterocycles. The third-order valence-corrected chi connectivity index (χ3v) is 5.85. The van der Waals surface area contributed by atoms with Crippen LogP contribution in [0, 0.1) is 5.41 Å². The molecule has 2 aromatic rings. The second kappa shape index (κ2) is 7.78.